The highest BCUT2D eigenvalue weighted by molar-refractivity contribution is 8.03. The Kier molecular flexibility index (Phi) is 10.4. The van der Waals surface area contributed by atoms with Gasteiger partial charge in [-0.05, 0) is 54.8 Å². The number of hydrogen-bond acceptors (Lipinski definition) is 10. The van der Waals surface area contributed by atoms with Gasteiger partial charge in [0, 0.05) is 59.1 Å². The fourth-order valence-corrected chi connectivity index (χ4v) is 7.92. The Bertz CT molecular complexity index is 1780. The molecule has 0 unspecified atom stereocenters. The number of nitrogens with one attached hydrogen (secondary N) is 1. The molecule has 42 heavy (non-hydrogen) atoms. The average Bonchev–Trinajstić information content (AvgIpc) is 3.38. The number of benzene rings is 2. The summed E-state index contributed by atoms with van der Waals surface area (Å²) in [6.07, 6.45) is 4.92. The summed E-state index contributed by atoms with van der Waals surface area (Å²) in [5, 5.41) is 4.98. The van der Waals surface area contributed by atoms with E-state index in [0.29, 0.717) is 23.7 Å². The minimum atomic E-state index is -4.38. The van der Waals surface area contributed by atoms with Crippen LogP contribution in [0, 0.1) is 0 Å². The largest absolute Gasteiger partial charge is 0.748 e. The first-order valence-corrected chi connectivity index (χ1v) is 18.2. The number of carbonyl (C=O) groups is 1. The molecule has 3 aromatic rings. The molecule has 0 bridgehead atoms. The van der Waals surface area contributed by atoms with Gasteiger partial charge in [0.2, 0.25) is 11.4 Å². The van der Waals surface area contributed by atoms with Gasteiger partial charge in [0.05, 0.1) is 31.0 Å². The van der Waals surface area contributed by atoms with Gasteiger partial charge in [0.25, 0.3) is 5.01 Å². The molecule has 10 nitrogen and oxygen atoms in total. The third-order valence-electron chi connectivity index (χ3n) is 6.32. The zero-order chi connectivity index (χ0) is 30.7. The smallest absolute Gasteiger partial charge is 0.263 e. The number of nitrogens with zero attached hydrogens (tertiary/aromatic N) is 2. The number of rotatable bonds is 12. The fourth-order valence-electron chi connectivity index (χ4n) is 4.49. The molecule has 0 atom stereocenters. The third kappa shape index (κ3) is 8.78. The standard InChI is InChI=1S/C27H30ClN3O7S4/c1-3-19(14-26-30(10-4-12-41(33,34)35)22-16-20(28)6-8-24(22)39-26)15-27-31(11-5-13-42(36,37)38)23-17-21(29-18(2)32)7-9-25(23)40-27/h6-9,14-17H,3-5,10-13H2,1-2H3,(H2-,29,32,33,34,35,36,37,38)/p-1. The van der Waals surface area contributed by atoms with Crippen LogP contribution in [-0.4, -0.2) is 49.9 Å². The van der Waals surface area contributed by atoms with Crippen molar-refractivity contribution in [2.75, 3.05) is 28.3 Å². The molecule has 1 N–H and O–H groups in total. The van der Waals surface area contributed by atoms with Crippen molar-refractivity contribution >= 4 is 88.5 Å². The number of thiazole rings is 1. The summed E-state index contributed by atoms with van der Waals surface area (Å²) >= 11 is 9.26. The predicted molar refractivity (Wildman–Crippen MR) is 166 cm³/mol. The molecule has 226 valence electrons. The number of aryl methyl sites for hydroxylation is 1. The molecule has 1 amide bonds. The number of aromatic nitrogens is 1. The molecule has 0 fully saturated rings. The zero-order valence-electron chi connectivity index (χ0n) is 22.8. The van der Waals surface area contributed by atoms with Crippen LogP contribution in [0.4, 0.5) is 11.4 Å². The second-order valence-electron chi connectivity index (χ2n) is 9.61. The minimum Gasteiger partial charge on any atom is -0.748 e. The van der Waals surface area contributed by atoms with Crippen molar-refractivity contribution in [3.05, 3.63) is 63.1 Å². The summed E-state index contributed by atoms with van der Waals surface area (Å²) in [6, 6.07) is 11.0. The maximum absolute atomic E-state index is 11.6. The lowest BCUT2D eigenvalue weighted by Crippen LogP contribution is -2.36. The average molecular weight is 671 g/mol. The SMILES string of the molecule is CCC(=Cc1sc2ccc(NC(C)=O)cc2[n+]1CCCS(=O)(=O)[O-])C=C1Sc2ccc(Cl)cc2N1CCCS(=O)(=O)[O-]. The number of carbonyl (C=O) groups excluding carboxylic acids is 1. The number of allylic oxidation sites excluding steroid dienone is 2. The van der Waals surface area contributed by atoms with Crippen LogP contribution in [-0.2, 0) is 31.6 Å². The summed E-state index contributed by atoms with van der Waals surface area (Å²) in [7, 11) is -8.73. The van der Waals surface area contributed by atoms with Crippen molar-refractivity contribution < 1.29 is 35.3 Å². The van der Waals surface area contributed by atoms with E-state index in [1.54, 1.807) is 12.1 Å². The molecule has 0 aliphatic carbocycles. The minimum absolute atomic E-state index is 0.123. The molecule has 0 saturated heterocycles. The molecular formula is C27H29ClN3O7S4-. The van der Waals surface area contributed by atoms with Gasteiger partial charge in [-0.25, -0.2) is 16.8 Å². The highest BCUT2D eigenvalue weighted by atomic mass is 35.5. The van der Waals surface area contributed by atoms with Crippen LogP contribution in [0.3, 0.4) is 0 Å². The second kappa shape index (κ2) is 13.5. The summed E-state index contributed by atoms with van der Waals surface area (Å²) in [4.78, 5) is 14.5. The molecule has 0 radical (unpaired) electrons. The van der Waals surface area contributed by atoms with Gasteiger partial charge in [-0.3, -0.25) is 4.79 Å². The van der Waals surface area contributed by atoms with Crippen molar-refractivity contribution in [2.24, 2.45) is 0 Å². The highest BCUT2D eigenvalue weighted by Gasteiger charge is 2.26. The lowest BCUT2D eigenvalue weighted by molar-refractivity contribution is -0.668. The topological polar surface area (TPSA) is 151 Å². The van der Waals surface area contributed by atoms with E-state index >= 15 is 0 Å². The Morgan fingerprint density at radius 2 is 1.79 bits per heavy atom. The van der Waals surface area contributed by atoms with E-state index in [0.717, 1.165) is 36.4 Å². The molecule has 1 aliphatic rings. The van der Waals surface area contributed by atoms with Crippen molar-refractivity contribution in [1.29, 1.82) is 0 Å². The Labute approximate surface area is 258 Å². The maximum atomic E-state index is 11.6. The Morgan fingerprint density at radius 1 is 1.07 bits per heavy atom. The van der Waals surface area contributed by atoms with Gasteiger partial charge < -0.3 is 19.3 Å². The van der Waals surface area contributed by atoms with E-state index in [-0.39, 0.29) is 25.3 Å². The van der Waals surface area contributed by atoms with Gasteiger partial charge in [-0.1, -0.05) is 41.6 Å². The van der Waals surface area contributed by atoms with Gasteiger partial charge in [-0.15, -0.1) is 0 Å². The lowest BCUT2D eigenvalue weighted by atomic mass is 10.2. The van der Waals surface area contributed by atoms with Gasteiger partial charge in [0.15, 0.2) is 6.54 Å². The number of amides is 1. The van der Waals surface area contributed by atoms with Crippen LogP contribution < -0.4 is 14.8 Å². The van der Waals surface area contributed by atoms with Crippen LogP contribution in [0.15, 0.2) is 58.0 Å². The molecule has 1 aliphatic heterocycles. The Hall–Kier alpha value is -2.46. The van der Waals surface area contributed by atoms with Crippen molar-refractivity contribution in [3.63, 3.8) is 0 Å². The highest BCUT2D eigenvalue weighted by Crippen LogP contribution is 2.47. The van der Waals surface area contributed by atoms with E-state index < -0.39 is 31.7 Å². The second-order valence-corrected chi connectivity index (χ2v) is 15.2. The molecule has 15 heteroatoms. The Morgan fingerprint density at radius 3 is 2.45 bits per heavy atom. The first-order chi connectivity index (χ1) is 19.7. The van der Waals surface area contributed by atoms with Crippen LogP contribution in [0.5, 0.6) is 0 Å². The van der Waals surface area contributed by atoms with E-state index in [4.69, 9.17) is 11.6 Å². The molecule has 2 aromatic carbocycles. The number of anilines is 2. The fraction of sp³-hybridized carbons (Fsp3) is 0.333. The van der Waals surface area contributed by atoms with Crippen molar-refractivity contribution in [1.82, 2.24) is 0 Å². The summed E-state index contributed by atoms with van der Waals surface area (Å²) in [5.74, 6) is -1.20. The quantitative estimate of drug-likeness (QED) is 0.209. The summed E-state index contributed by atoms with van der Waals surface area (Å²) in [5.41, 5.74) is 3.16. The van der Waals surface area contributed by atoms with E-state index in [9.17, 15) is 30.7 Å². The maximum Gasteiger partial charge on any atom is 0.263 e. The monoisotopic (exact) mass is 670 g/mol. The Balaban J connectivity index is 1.73. The molecule has 0 spiro atoms. The first-order valence-electron chi connectivity index (χ1n) is 13.0. The number of fused-ring (bicyclic) bond motifs is 2. The number of hydrogen-bond donors (Lipinski definition) is 1. The molecular weight excluding hydrogens is 642 g/mol. The molecule has 4 rings (SSSR count). The van der Waals surface area contributed by atoms with Crippen molar-refractivity contribution in [2.45, 2.75) is 44.6 Å². The number of halogens is 1. The van der Waals surface area contributed by atoms with E-state index in [1.807, 2.05) is 52.8 Å². The summed E-state index contributed by atoms with van der Waals surface area (Å²) < 4.78 is 70.4. The van der Waals surface area contributed by atoms with Crippen molar-refractivity contribution in [3.8, 4) is 0 Å². The first kappa shape index (κ1) is 32.5. The van der Waals surface area contributed by atoms with Crippen LogP contribution >= 0.6 is 34.7 Å². The van der Waals surface area contributed by atoms with Crippen LogP contribution in [0.1, 0.15) is 38.1 Å². The third-order valence-corrected chi connectivity index (χ3v) is 10.4. The van der Waals surface area contributed by atoms with Gasteiger partial charge >= 0.3 is 0 Å². The lowest BCUT2D eigenvalue weighted by Gasteiger charge is -2.21. The van der Waals surface area contributed by atoms with E-state index in [2.05, 4.69) is 5.32 Å². The van der Waals surface area contributed by atoms with Gasteiger partial charge in [-0.2, -0.15) is 4.57 Å². The molecule has 1 aromatic heterocycles. The van der Waals surface area contributed by atoms with Crippen LogP contribution in [0.2, 0.25) is 5.02 Å². The van der Waals surface area contributed by atoms with Gasteiger partial charge in [0.1, 0.15) is 4.70 Å². The summed E-state index contributed by atoms with van der Waals surface area (Å²) in [6.45, 7) is 4.00. The van der Waals surface area contributed by atoms with Crippen LogP contribution in [0.25, 0.3) is 16.3 Å². The molecule has 0 saturated carbocycles. The van der Waals surface area contributed by atoms with E-state index in [1.165, 1.54) is 30.0 Å². The normalized spacial score (nSPS) is 15.0. The predicted octanol–water partition coefficient (Wildman–Crippen LogP) is 4.92. The number of thioether (sulfide) groups is 1. The zero-order valence-corrected chi connectivity index (χ0v) is 26.9. The molecule has 2 heterocycles.